The van der Waals surface area contributed by atoms with Crippen LogP contribution in [-0.4, -0.2) is 24.1 Å². The minimum absolute atomic E-state index is 0.113. The first-order valence-corrected chi connectivity index (χ1v) is 7.85. The lowest BCUT2D eigenvalue weighted by atomic mass is 10.1. The number of benzene rings is 2. The highest BCUT2D eigenvalue weighted by atomic mass is 16.7. The summed E-state index contributed by atoms with van der Waals surface area (Å²) in [6.45, 7) is 2.83. The fraction of sp³-hybridized carbons (Fsp3) is 0.278. The van der Waals surface area contributed by atoms with Gasteiger partial charge in [-0.3, -0.25) is 10.1 Å². The van der Waals surface area contributed by atoms with Crippen LogP contribution >= 0.6 is 0 Å². The summed E-state index contributed by atoms with van der Waals surface area (Å²) in [5, 5.41) is 11.4. The van der Waals surface area contributed by atoms with E-state index in [2.05, 4.69) is 0 Å². The molecule has 7 nitrogen and oxygen atoms in total. The lowest BCUT2D eigenvalue weighted by Crippen LogP contribution is -2.18. The summed E-state index contributed by atoms with van der Waals surface area (Å²) in [6, 6.07) is 11.2. The fourth-order valence-corrected chi connectivity index (χ4v) is 2.55. The number of rotatable bonds is 4. The lowest BCUT2D eigenvalue weighted by molar-refractivity contribution is -0.385. The van der Waals surface area contributed by atoms with Gasteiger partial charge >= 0.3 is 11.7 Å². The number of nitro benzene ring substituents is 1. The molecule has 130 valence electrons. The van der Waals surface area contributed by atoms with E-state index < -0.39 is 17.2 Å². The second kappa shape index (κ2) is 7.42. The minimum Gasteiger partial charge on any atom is -0.416 e. The number of ether oxygens (including phenoxy) is 3. The second-order valence-corrected chi connectivity index (χ2v) is 5.62. The molecule has 0 aromatic heterocycles. The van der Waals surface area contributed by atoms with Crippen LogP contribution in [0.2, 0.25) is 0 Å². The number of carbonyl (C=O) groups excluding carboxylic acids is 1. The van der Waals surface area contributed by atoms with Crippen LogP contribution in [0.25, 0.3) is 0 Å². The van der Waals surface area contributed by atoms with E-state index in [4.69, 9.17) is 14.2 Å². The van der Waals surface area contributed by atoms with Crippen LogP contribution in [0.15, 0.2) is 42.5 Å². The molecule has 2 aromatic carbocycles. The average molecular weight is 343 g/mol. The Hall–Kier alpha value is -2.77. The van der Waals surface area contributed by atoms with Crippen LogP contribution in [0, 0.1) is 17.0 Å². The van der Waals surface area contributed by atoms with E-state index in [9.17, 15) is 14.9 Å². The molecule has 0 bridgehead atoms. The largest absolute Gasteiger partial charge is 0.416 e. The number of hydrogen-bond donors (Lipinski definition) is 0. The number of nitro groups is 1. The van der Waals surface area contributed by atoms with Crippen molar-refractivity contribution in [2.24, 2.45) is 0 Å². The highest BCUT2D eigenvalue weighted by Crippen LogP contribution is 2.33. The van der Waals surface area contributed by atoms with E-state index in [-0.39, 0.29) is 11.4 Å². The predicted molar refractivity (Wildman–Crippen MR) is 88.5 cm³/mol. The highest BCUT2D eigenvalue weighted by molar-refractivity contribution is 5.93. The maximum Gasteiger partial charge on any atom is 0.344 e. The standard InChI is InChI=1S/C18H17NO6/c1-12-5-2-3-6-14(12)17(20)25-16-8-7-13(11-15(16)19(21)22)18-23-9-4-10-24-18/h2-3,5-8,11,18H,4,9-10H2,1H3. The SMILES string of the molecule is Cc1ccccc1C(=O)Oc1ccc(C2OCCCO2)cc1[N+](=O)[O-]. The maximum absolute atomic E-state index is 12.3. The van der Waals surface area contributed by atoms with Crippen molar-refractivity contribution in [2.75, 3.05) is 13.2 Å². The van der Waals surface area contributed by atoms with Gasteiger partial charge in [0.2, 0.25) is 5.75 Å². The Morgan fingerprint density at radius 3 is 2.60 bits per heavy atom. The van der Waals surface area contributed by atoms with Crippen molar-refractivity contribution in [2.45, 2.75) is 19.6 Å². The molecule has 0 atom stereocenters. The quantitative estimate of drug-likeness (QED) is 0.365. The zero-order valence-electron chi connectivity index (χ0n) is 13.6. The van der Waals surface area contributed by atoms with Crippen LogP contribution in [-0.2, 0) is 9.47 Å². The first kappa shape index (κ1) is 17.1. The molecule has 0 N–H and O–H groups in total. The van der Waals surface area contributed by atoms with E-state index in [0.717, 1.165) is 12.0 Å². The van der Waals surface area contributed by atoms with Gasteiger partial charge in [0, 0.05) is 11.6 Å². The van der Waals surface area contributed by atoms with Crippen molar-refractivity contribution in [3.05, 3.63) is 69.3 Å². The zero-order valence-corrected chi connectivity index (χ0v) is 13.6. The monoisotopic (exact) mass is 343 g/mol. The molecule has 0 aliphatic carbocycles. The summed E-state index contributed by atoms with van der Waals surface area (Å²) in [5.74, 6) is -0.753. The zero-order chi connectivity index (χ0) is 17.8. The molecule has 1 saturated heterocycles. The molecule has 1 aliphatic heterocycles. The Morgan fingerprint density at radius 2 is 1.92 bits per heavy atom. The van der Waals surface area contributed by atoms with E-state index in [1.807, 2.05) is 0 Å². The Labute approximate surface area is 144 Å². The van der Waals surface area contributed by atoms with Gasteiger partial charge < -0.3 is 14.2 Å². The molecule has 3 rings (SSSR count). The van der Waals surface area contributed by atoms with Crippen LogP contribution in [0.1, 0.15) is 34.2 Å². The molecule has 0 radical (unpaired) electrons. The molecule has 0 saturated carbocycles. The highest BCUT2D eigenvalue weighted by Gasteiger charge is 2.24. The number of aryl methyl sites for hydroxylation is 1. The third-order valence-corrected chi connectivity index (χ3v) is 3.85. The Morgan fingerprint density at radius 1 is 1.20 bits per heavy atom. The molecular formula is C18H17NO6. The summed E-state index contributed by atoms with van der Waals surface area (Å²) in [5.41, 5.74) is 1.30. The van der Waals surface area contributed by atoms with Gasteiger partial charge in [-0.25, -0.2) is 4.79 Å². The van der Waals surface area contributed by atoms with E-state index in [1.165, 1.54) is 12.1 Å². The van der Waals surface area contributed by atoms with Gasteiger partial charge in [0.25, 0.3) is 0 Å². The van der Waals surface area contributed by atoms with Gasteiger partial charge in [-0.1, -0.05) is 18.2 Å². The van der Waals surface area contributed by atoms with Gasteiger partial charge in [-0.15, -0.1) is 0 Å². The molecular weight excluding hydrogens is 326 g/mol. The molecule has 2 aromatic rings. The fourth-order valence-electron chi connectivity index (χ4n) is 2.55. The summed E-state index contributed by atoms with van der Waals surface area (Å²) in [6.07, 6.45) is 0.138. The average Bonchev–Trinajstić information content (AvgIpc) is 2.63. The molecule has 25 heavy (non-hydrogen) atoms. The molecule has 0 amide bonds. The number of esters is 1. The van der Waals surface area contributed by atoms with Crippen molar-refractivity contribution in [1.82, 2.24) is 0 Å². The van der Waals surface area contributed by atoms with Crippen molar-refractivity contribution in [1.29, 1.82) is 0 Å². The summed E-state index contributed by atoms with van der Waals surface area (Å²) in [4.78, 5) is 23.1. The second-order valence-electron chi connectivity index (χ2n) is 5.62. The summed E-state index contributed by atoms with van der Waals surface area (Å²) < 4.78 is 16.2. The number of hydrogen-bond acceptors (Lipinski definition) is 6. The molecule has 0 spiro atoms. The van der Waals surface area contributed by atoms with Crippen LogP contribution in [0.3, 0.4) is 0 Å². The van der Waals surface area contributed by atoms with Crippen LogP contribution < -0.4 is 4.74 Å². The van der Waals surface area contributed by atoms with Gasteiger partial charge in [0.1, 0.15) is 0 Å². The third-order valence-electron chi connectivity index (χ3n) is 3.85. The van der Waals surface area contributed by atoms with Crippen molar-refractivity contribution in [3.8, 4) is 5.75 Å². The maximum atomic E-state index is 12.3. The molecule has 1 aliphatic rings. The van der Waals surface area contributed by atoms with Crippen molar-refractivity contribution in [3.63, 3.8) is 0 Å². The van der Waals surface area contributed by atoms with Crippen molar-refractivity contribution < 1.29 is 23.9 Å². The number of nitrogens with zero attached hydrogens (tertiary/aromatic N) is 1. The van der Waals surface area contributed by atoms with E-state index in [1.54, 1.807) is 37.3 Å². The van der Waals surface area contributed by atoms with E-state index in [0.29, 0.717) is 24.3 Å². The summed E-state index contributed by atoms with van der Waals surface area (Å²) in [7, 11) is 0. The molecule has 1 heterocycles. The van der Waals surface area contributed by atoms with Gasteiger partial charge in [-0.05, 0) is 37.1 Å². The molecule has 0 unspecified atom stereocenters. The minimum atomic E-state index is -0.645. The third kappa shape index (κ3) is 3.84. The first-order chi connectivity index (χ1) is 12.1. The molecule has 7 heteroatoms. The topological polar surface area (TPSA) is 87.9 Å². The number of carbonyl (C=O) groups is 1. The van der Waals surface area contributed by atoms with Crippen LogP contribution in [0.5, 0.6) is 5.75 Å². The van der Waals surface area contributed by atoms with Gasteiger partial charge in [-0.2, -0.15) is 0 Å². The Balaban J connectivity index is 1.87. The predicted octanol–water partition coefficient (Wildman–Crippen LogP) is 3.56. The van der Waals surface area contributed by atoms with Crippen LogP contribution in [0.4, 0.5) is 5.69 Å². The van der Waals surface area contributed by atoms with Crippen molar-refractivity contribution >= 4 is 11.7 Å². The lowest BCUT2D eigenvalue weighted by Gasteiger charge is -2.23. The Kier molecular flexibility index (Phi) is 5.06. The van der Waals surface area contributed by atoms with E-state index >= 15 is 0 Å². The molecule has 1 fully saturated rings. The van der Waals surface area contributed by atoms with Gasteiger partial charge in [0.15, 0.2) is 6.29 Å². The normalized spacial score (nSPS) is 14.9. The smallest absolute Gasteiger partial charge is 0.344 e. The van der Waals surface area contributed by atoms with Gasteiger partial charge in [0.05, 0.1) is 23.7 Å². The first-order valence-electron chi connectivity index (χ1n) is 7.85. The summed E-state index contributed by atoms with van der Waals surface area (Å²) >= 11 is 0. The Bertz CT molecular complexity index is 798.